The van der Waals surface area contributed by atoms with Gasteiger partial charge in [-0.1, -0.05) is 24.3 Å². The number of nitrogen functional groups attached to an aromatic ring is 1. The van der Waals surface area contributed by atoms with E-state index in [0.717, 1.165) is 0 Å². The van der Waals surface area contributed by atoms with Gasteiger partial charge in [0.25, 0.3) is 0 Å². The number of halogens is 2. The minimum Gasteiger partial charge on any atom is -0.398 e. The predicted molar refractivity (Wildman–Crippen MR) is 83.6 cm³/mol. The van der Waals surface area contributed by atoms with Gasteiger partial charge in [-0.25, -0.2) is 8.42 Å². The van der Waals surface area contributed by atoms with E-state index in [1.165, 1.54) is 0 Å². The van der Waals surface area contributed by atoms with Gasteiger partial charge in [0.2, 0.25) is 0 Å². The molecular formula is C13H11Br2NO2S. The molecule has 0 aliphatic rings. The van der Waals surface area contributed by atoms with E-state index in [1.807, 2.05) is 0 Å². The first-order chi connectivity index (χ1) is 8.92. The van der Waals surface area contributed by atoms with Crippen LogP contribution in [0.4, 0.5) is 5.69 Å². The van der Waals surface area contributed by atoms with E-state index in [0.29, 0.717) is 20.2 Å². The maximum absolute atomic E-state index is 12.4. The van der Waals surface area contributed by atoms with Crippen LogP contribution in [0.25, 0.3) is 0 Å². The number of benzene rings is 2. The van der Waals surface area contributed by atoms with Crippen LogP contribution in [-0.4, -0.2) is 8.42 Å². The Morgan fingerprint density at radius 2 is 1.68 bits per heavy atom. The van der Waals surface area contributed by atoms with Crippen LogP contribution in [0.5, 0.6) is 0 Å². The van der Waals surface area contributed by atoms with Gasteiger partial charge < -0.3 is 5.73 Å². The number of anilines is 1. The molecule has 2 aromatic rings. The van der Waals surface area contributed by atoms with Crippen LogP contribution >= 0.6 is 31.9 Å². The summed E-state index contributed by atoms with van der Waals surface area (Å²) in [6, 6.07) is 12.0. The summed E-state index contributed by atoms with van der Waals surface area (Å²) in [5, 5.41) is 0. The monoisotopic (exact) mass is 403 g/mol. The van der Waals surface area contributed by atoms with Crippen LogP contribution < -0.4 is 5.73 Å². The first-order valence-electron chi connectivity index (χ1n) is 5.42. The lowest BCUT2D eigenvalue weighted by Crippen LogP contribution is -2.07. The van der Waals surface area contributed by atoms with E-state index >= 15 is 0 Å². The Hall–Kier alpha value is -0.850. The molecule has 3 nitrogen and oxygen atoms in total. The highest BCUT2D eigenvalue weighted by atomic mass is 79.9. The minimum atomic E-state index is -3.42. The van der Waals surface area contributed by atoms with Crippen LogP contribution in [0.1, 0.15) is 5.56 Å². The van der Waals surface area contributed by atoms with Crippen molar-refractivity contribution in [2.75, 3.05) is 5.73 Å². The number of nitrogens with two attached hydrogens (primary N) is 1. The van der Waals surface area contributed by atoms with Gasteiger partial charge in [0.05, 0.1) is 10.6 Å². The molecular weight excluding hydrogens is 394 g/mol. The first kappa shape index (κ1) is 14.6. The fraction of sp³-hybridized carbons (Fsp3) is 0.0769. The Morgan fingerprint density at radius 1 is 1.00 bits per heavy atom. The molecule has 0 amide bonds. The van der Waals surface area contributed by atoms with Crippen molar-refractivity contribution in [1.29, 1.82) is 0 Å². The highest BCUT2D eigenvalue weighted by Gasteiger charge is 2.19. The molecule has 0 aromatic heterocycles. The third-order valence-electron chi connectivity index (χ3n) is 2.63. The second-order valence-electron chi connectivity index (χ2n) is 4.01. The Kier molecular flexibility index (Phi) is 4.32. The van der Waals surface area contributed by atoms with Gasteiger partial charge in [0.15, 0.2) is 9.84 Å². The van der Waals surface area contributed by atoms with Gasteiger partial charge in [-0.2, -0.15) is 0 Å². The highest BCUT2D eigenvalue weighted by molar-refractivity contribution is 9.11. The van der Waals surface area contributed by atoms with Gasteiger partial charge in [0, 0.05) is 14.6 Å². The molecule has 0 aliphatic carbocycles. The van der Waals surface area contributed by atoms with E-state index in [4.69, 9.17) is 5.73 Å². The lowest BCUT2D eigenvalue weighted by molar-refractivity contribution is 0.594. The lowest BCUT2D eigenvalue weighted by atomic mass is 10.2. The van der Waals surface area contributed by atoms with Crippen molar-refractivity contribution >= 4 is 47.4 Å². The quantitative estimate of drug-likeness (QED) is 0.792. The minimum absolute atomic E-state index is 0.0960. The summed E-state index contributed by atoms with van der Waals surface area (Å²) < 4.78 is 26.0. The van der Waals surface area contributed by atoms with Gasteiger partial charge in [-0.05, 0) is 55.6 Å². The molecule has 0 atom stereocenters. The SMILES string of the molecule is Nc1cccc(CS(=O)(=O)c2ccccc2Br)c1Br. The fourth-order valence-electron chi connectivity index (χ4n) is 1.69. The third-order valence-corrected chi connectivity index (χ3v) is 6.26. The number of sulfone groups is 1. The third kappa shape index (κ3) is 3.19. The molecule has 0 saturated heterocycles. The molecule has 0 radical (unpaired) electrons. The molecule has 0 saturated carbocycles. The molecule has 0 bridgehead atoms. The standard InChI is InChI=1S/C13H11Br2NO2S/c14-10-5-1-2-7-12(10)19(17,18)8-9-4-3-6-11(16)13(9)15/h1-7H,8,16H2. The summed E-state index contributed by atoms with van der Waals surface area (Å²) in [4.78, 5) is 0.282. The molecule has 2 aromatic carbocycles. The van der Waals surface area contributed by atoms with Crippen molar-refractivity contribution in [3.63, 3.8) is 0 Å². The van der Waals surface area contributed by atoms with Crippen molar-refractivity contribution < 1.29 is 8.42 Å². The van der Waals surface area contributed by atoms with Gasteiger partial charge >= 0.3 is 0 Å². The summed E-state index contributed by atoms with van der Waals surface area (Å²) in [6.07, 6.45) is 0. The second-order valence-corrected chi connectivity index (χ2v) is 7.62. The van der Waals surface area contributed by atoms with Gasteiger partial charge in [0.1, 0.15) is 0 Å². The Morgan fingerprint density at radius 3 is 2.37 bits per heavy atom. The van der Waals surface area contributed by atoms with E-state index in [2.05, 4.69) is 31.9 Å². The van der Waals surface area contributed by atoms with Crippen molar-refractivity contribution in [2.24, 2.45) is 0 Å². The molecule has 2 N–H and O–H groups in total. The van der Waals surface area contributed by atoms with Gasteiger partial charge in [-0.3, -0.25) is 0 Å². The smallest absolute Gasteiger partial charge is 0.183 e. The molecule has 19 heavy (non-hydrogen) atoms. The lowest BCUT2D eigenvalue weighted by Gasteiger charge is -2.09. The van der Waals surface area contributed by atoms with E-state index < -0.39 is 9.84 Å². The number of hydrogen-bond acceptors (Lipinski definition) is 3. The number of hydrogen-bond donors (Lipinski definition) is 1. The topological polar surface area (TPSA) is 60.2 Å². The average molecular weight is 405 g/mol. The molecule has 0 unspecified atom stereocenters. The largest absolute Gasteiger partial charge is 0.398 e. The normalized spacial score (nSPS) is 11.5. The fourth-order valence-corrected chi connectivity index (χ4v) is 4.76. The van der Waals surface area contributed by atoms with Crippen LogP contribution in [0.2, 0.25) is 0 Å². The zero-order valence-electron chi connectivity index (χ0n) is 9.81. The molecule has 0 fully saturated rings. The summed E-state index contributed by atoms with van der Waals surface area (Å²) >= 11 is 6.59. The highest BCUT2D eigenvalue weighted by Crippen LogP contribution is 2.29. The summed E-state index contributed by atoms with van der Waals surface area (Å²) in [5.41, 5.74) is 6.93. The zero-order valence-corrected chi connectivity index (χ0v) is 13.8. The zero-order chi connectivity index (χ0) is 14.0. The van der Waals surface area contributed by atoms with Crippen molar-refractivity contribution in [3.05, 3.63) is 57.0 Å². The summed E-state index contributed by atoms with van der Waals surface area (Å²) in [7, 11) is -3.42. The average Bonchev–Trinajstić information content (AvgIpc) is 2.35. The van der Waals surface area contributed by atoms with Crippen molar-refractivity contribution in [3.8, 4) is 0 Å². The maximum atomic E-state index is 12.4. The Bertz CT molecular complexity index is 714. The van der Waals surface area contributed by atoms with Crippen LogP contribution in [0.15, 0.2) is 56.3 Å². The summed E-state index contributed by atoms with van der Waals surface area (Å²) in [6.45, 7) is 0. The molecule has 6 heteroatoms. The van der Waals surface area contributed by atoms with E-state index in [9.17, 15) is 8.42 Å². The molecule has 100 valence electrons. The van der Waals surface area contributed by atoms with E-state index in [1.54, 1.807) is 42.5 Å². The van der Waals surface area contributed by atoms with Crippen LogP contribution in [0, 0.1) is 0 Å². The van der Waals surface area contributed by atoms with Crippen molar-refractivity contribution in [1.82, 2.24) is 0 Å². The molecule has 0 spiro atoms. The first-order valence-corrected chi connectivity index (χ1v) is 8.66. The molecule has 0 heterocycles. The maximum Gasteiger partial charge on any atom is 0.183 e. The van der Waals surface area contributed by atoms with Crippen LogP contribution in [0.3, 0.4) is 0 Å². The summed E-state index contributed by atoms with van der Waals surface area (Å²) in [5.74, 6) is -0.0960. The predicted octanol–water partition coefficient (Wildman–Crippen LogP) is 3.77. The van der Waals surface area contributed by atoms with Crippen LogP contribution in [-0.2, 0) is 15.6 Å². The Labute approximate surface area is 129 Å². The second kappa shape index (κ2) is 5.64. The number of rotatable bonds is 3. The van der Waals surface area contributed by atoms with E-state index in [-0.39, 0.29) is 10.6 Å². The van der Waals surface area contributed by atoms with Gasteiger partial charge in [-0.15, -0.1) is 0 Å². The Balaban J connectivity index is 2.43. The van der Waals surface area contributed by atoms with Crippen molar-refractivity contribution in [2.45, 2.75) is 10.6 Å². The molecule has 2 rings (SSSR count). The molecule has 0 aliphatic heterocycles.